The van der Waals surface area contributed by atoms with Crippen LogP contribution in [0.3, 0.4) is 0 Å². The van der Waals surface area contributed by atoms with Crippen LogP contribution < -0.4 is 5.32 Å². The largest absolute Gasteiger partial charge is 0.508 e. The minimum absolute atomic E-state index is 0.204. The summed E-state index contributed by atoms with van der Waals surface area (Å²) in [7, 11) is 0. The first kappa shape index (κ1) is 13.5. The molecule has 1 aliphatic rings. The maximum atomic E-state index is 11.0. The van der Waals surface area contributed by atoms with Gasteiger partial charge in [0.1, 0.15) is 5.75 Å². The fourth-order valence-electron chi connectivity index (χ4n) is 2.90. The summed E-state index contributed by atoms with van der Waals surface area (Å²) in [5.41, 5.74) is 4.55. The second kappa shape index (κ2) is 5.13. The van der Waals surface area contributed by atoms with Gasteiger partial charge in [0.2, 0.25) is 0 Å². The van der Waals surface area contributed by atoms with Crippen molar-refractivity contribution < 1.29 is 15.0 Å². The van der Waals surface area contributed by atoms with Crippen LogP contribution in [0.4, 0.5) is 5.69 Å². The van der Waals surface area contributed by atoms with Crippen LogP contribution in [0.15, 0.2) is 36.4 Å². The van der Waals surface area contributed by atoms with E-state index in [2.05, 4.69) is 5.32 Å². The fraction of sp³-hybridized carbons (Fsp3) is 0.235. The number of fused-ring (bicyclic) bond motifs is 1. The summed E-state index contributed by atoms with van der Waals surface area (Å²) < 4.78 is 0. The summed E-state index contributed by atoms with van der Waals surface area (Å²) in [6.07, 6.45) is 1.91. The minimum Gasteiger partial charge on any atom is -0.508 e. The Balaban J connectivity index is 1.84. The molecular weight excluding hydrogens is 266 g/mol. The summed E-state index contributed by atoms with van der Waals surface area (Å²) in [6.45, 7) is 1.90. The Morgan fingerprint density at radius 1 is 1.24 bits per heavy atom. The van der Waals surface area contributed by atoms with E-state index in [1.54, 1.807) is 18.2 Å². The zero-order chi connectivity index (χ0) is 15.0. The van der Waals surface area contributed by atoms with Crippen LogP contribution in [-0.4, -0.2) is 16.2 Å². The zero-order valence-corrected chi connectivity index (χ0v) is 11.8. The van der Waals surface area contributed by atoms with Crippen LogP contribution >= 0.6 is 0 Å². The second-order valence-electron chi connectivity index (χ2n) is 5.45. The molecule has 1 atom stereocenters. The van der Waals surface area contributed by atoms with Crippen molar-refractivity contribution >= 4 is 11.7 Å². The SMILES string of the molecule is Cc1cc(C(=O)O)ccc1NC1CCc2cc(O)ccc21. The molecule has 0 aliphatic heterocycles. The molecule has 3 N–H and O–H groups in total. The number of aromatic carboxylic acids is 1. The van der Waals surface area contributed by atoms with Crippen molar-refractivity contribution in [2.75, 3.05) is 5.32 Å². The number of benzene rings is 2. The van der Waals surface area contributed by atoms with Crippen LogP contribution in [-0.2, 0) is 6.42 Å². The number of anilines is 1. The number of nitrogens with one attached hydrogen (secondary N) is 1. The van der Waals surface area contributed by atoms with Crippen molar-refractivity contribution in [3.63, 3.8) is 0 Å². The number of hydrogen-bond acceptors (Lipinski definition) is 3. The highest BCUT2D eigenvalue weighted by Gasteiger charge is 2.23. The smallest absolute Gasteiger partial charge is 0.335 e. The molecule has 21 heavy (non-hydrogen) atoms. The van der Waals surface area contributed by atoms with Gasteiger partial charge in [-0.1, -0.05) is 6.07 Å². The van der Waals surface area contributed by atoms with E-state index in [0.717, 1.165) is 24.1 Å². The normalized spacial score (nSPS) is 16.5. The van der Waals surface area contributed by atoms with E-state index >= 15 is 0 Å². The lowest BCUT2D eigenvalue weighted by molar-refractivity contribution is 0.0697. The molecule has 108 valence electrons. The molecule has 1 unspecified atom stereocenters. The van der Waals surface area contributed by atoms with E-state index < -0.39 is 5.97 Å². The maximum Gasteiger partial charge on any atom is 0.335 e. The van der Waals surface area contributed by atoms with Gasteiger partial charge < -0.3 is 15.5 Å². The van der Waals surface area contributed by atoms with Gasteiger partial charge in [-0.2, -0.15) is 0 Å². The molecule has 0 heterocycles. The average molecular weight is 283 g/mol. The van der Waals surface area contributed by atoms with Crippen molar-refractivity contribution in [1.29, 1.82) is 0 Å². The third kappa shape index (κ3) is 2.57. The zero-order valence-electron chi connectivity index (χ0n) is 11.8. The number of phenolic OH excluding ortho intramolecular Hbond substituents is 1. The summed E-state index contributed by atoms with van der Waals surface area (Å²) in [6, 6.07) is 10.8. The van der Waals surface area contributed by atoms with Crippen molar-refractivity contribution in [1.82, 2.24) is 0 Å². The topological polar surface area (TPSA) is 69.6 Å². The lowest BCUT2D eigenvalue weighted by atomic mass is 10.1. The third-order valence-corrected chi connectivity index (χ3v) is 4.01. The summed E-state index contributed by atoms with van der Waals surface area (Å²) in [4.78, 5) is 11.0. The number of hydrogen-bond donors (Lipinski definition) is 3. The van der Waals surface area contributed by atoms with E-state index in [4.69, 9.17) is 5.11 Å². The maximum absolute atomic E-state index is 11.0. The summed E-state index contributed by atoms with van der Waals surface area (Å²) in [5, 5.41) is 22.0. The minimum atomic E-state index is -0.911. The monoisotopic (exact) mass is 283 g/mol. The number of aromatic hydroxyl groups is 1. The molecule has 0 amide bonds. The standard InChI is InChI=1S/C17H17NO3/c1-10-8-12(17(20)21)3-6-15(10)18-16-7-2-11-9-13(19)4-5-14(11)16/h3-6,8-9,16,18-19H,2,7H2,1H3,(H,20,21). The molecule has 0 spiro atoms. The quantitative estimate of drug-likeness (QED) is 0.806. The number of aryl methyl sites for hydroxylation is 2. The predicted octanol–water partition coefficient (Wildman–Crippen LogP) is 3.50. The van der Waals surface area contributed by atoms with E-state index in [0.29, 0.717) is 11.3 Å². The van der Waals surface area contributed by atoms with Crippen LogP contribution in [0.1, 0.15) is 39.5 Å². The van der Waals surface area contributed by atoms with E-state index in [-0.39, 0.29) is 6.04 Å². The molecule has 3 rings (SSSR count). The van der Waals surface area contributed by atoms with Gasteiger partial charge in [0.15, 0.2) is 0 Å². The lowest BCUT2D eigenvalue weighted by Crippen LogP contribution is -2.09. The first-order valence-electron chi connectivity index (χ1n) is 6.97. The van der Waals surface area contributed by atoms with Crippen LogP contribution in [0.25, 0.3) is 0 Å². The first-order chi connectivity index (χ1) is 10.0. The van der Waals surface area contributed by atoms with Crippen molar-refractivity contribution in [3.8, 4) is 5.75 Å². The van der Waals surface area contributed by atoms with Crippen molar-refractivity contribution in [2.45, 2.75) is 25.8 Å². The Morgan fingerprint density at radius 2 is 2.05 bits per heavy atom. The van der Waals surface area contributed by atoms with E-state index in [9.17, 15) is 9.90 Å². The Morgan fingerprint density at radius 3 is 2.76 bits per heavy atom. The fourth-order valence-corrected chi connectivity index (χ4v) is 2.90. The molecule has 0 saturated heterocycles. The molecule has 0 fully saturated rings. The Hall–Kier alpha value is -2.49. The van der Waals surface area contributed by atoms with Gasteiger partial charge in [0, 0.05) is 5.69 Å². The molecule has 4 nitrogen and oxygen atoms in total. The molecule has 0 bridgehead atoms. The molecule has 2 aromatic rings. The molecule has 0 aromatic heterocycles. The third-order valence-electron chi connectivity index (χ3n) is 4.01. The van der Waals surface area contributed by atoms with Crippen molar-refractivity contribution in [3.05, 3.63) is 58.7 Å². The number of carboxylic acids is 1. The van der Waals surface area contributed by atoms with Crippen LogP contribution in [0.2, 0.25) is 0 Å². The lowest BCUT2D eigenvalue weighted by Gasteiger charge is -2.17. The molecule has 0 radical (unpaired) electrons. The number of carbonyl (C=O) groups is 1. The van der Waals surface area contributed by atoms with Gasteiger partial charge in [-0.25, -0.2) is 4.79 Å². The van der Waals surface area contributed by atoms with Crippen molar-refractivity contribution in [2.24, 2.45) is 0 Å². The van der Waals surface area contributed by atoms with Gasteiger partial charge in [-0.3, -0.25) is 0 Å². The predicted molar refractivity (Wildman–Crippen MR) is 80.9 cm³/mol. The Bertz CT molecular complexity index is 709. The summed E-state index contributed by atoms with van der Waals surface area (Å²) in [5.74, 6) is -0.609. The highest BCUT2D eigenvalue weighted by atomic mass is 16.4. The van der Waals surface area contributed by atoms with Crippen LogP contribution in [0.5, 0.6) is 5.75 Å². The number of carboxylic acid groups (broad SMARTS) is 1. The molecular formula is C17H17NO3. The highest BCUT2D eigenvalue weighted by Crippen LogP contribution is 2.36. The highest BCUT2D eigenvalue weighted by molar-refractivity contribution is 5.88. The average Bonchev–Trinajstić information content (AvgIpc) is 2.83. The number of rotatable bonds is 3. The van der Waals surface area contributed by atoms with Crippen LogP contribution in [0, 0.1) is 6.92 Å². The van der Waals surface area contributed by atoms with Gasteiger partial charge >= 0.3 is 5.97 Å². The van der Waals surface area contributed by atoms with Gasteiger partial charge in [0.05, 0.1) is 11.6 Å². The second-order valence-corrected chi connectivity index (χ2v) is 5.45. The molecule has 1 aliphatic carbocycles. The van der Waals surface area contributed by atoms with E-state index in [1.165, 1.54) is 11.1 Å². The van der Waals surface area contributed by atoms with Gasteiger partial charge in [0.25, 0.3) is 0 Å². The molecule has 2 aromatic carbocycles. The van der Waals surface area contributed by atoms with Gasteiger partial charge in [-0.15, -0.1) is 0 Å². The summed E-state index contributed by atoms with van der Waals surface area (Å²) >= 11 is 0. The van der Waals surface area contributed by atoms with Gasteiger partial charge in [-0.05, 0) is 66.8 Å². The molecule has 0 saturated carbocycles. The number of phenols is 1. The Labute approximate surface area is 123 Å². The Kier molecular flexibility index (Phi) is 3.29. The molecule has 4 heteroatoms. The van der Waals surface area contributed by atoms with E-state index in [1.807, 2.05) is 25.1 Å². The first-order valence-corrected chi connectivity index (χ1v) is 6.97.